The zero-order valence-electron chi connectivity index (χ0n) is 13.7. The fraction of sp³-hybridized carbons (Fsp3) is 0.235. The summed E-state index contributed by atoms with van der Waals surface area (Å²) in [5, 5.41) is 0.313. The number of hydrogen-bond donors (Lipinski definition) is 1. The largest absolute Gasteiger partial charge is 0.495 e. The van der Waals surface area contributed by atoms with E-state index < -0.39 is 10.0 Å². The third-order valence-corrected chi connectivity index (χ3v) is 5.78. The third kappa shape index (κ3) is 3.43. The maximum atomic E-state index is 12.6. The van der Waals surface area contributed by atoms with E-state index in [9.17, 15) is 13.2 Å². The molecule has 0 fully saturated rings. The molecule has 0 saturated heterocycles. The van der Waals surface area contributed by atoms with Crippen molar-refractivity contribution in [2.24, 2.45) is 0 Å². The predicted molar refractivity (Wildman–Crippen MR) is 97.0 cm³/mol. The van der Waals surface area contributed by atoms with Gasteiger partial charge in [0.05, 0.1) is 22.7 Å². The molecule has 0 unspecified atom stereocenters. The zero-order valence-corrected chi connectivity index (χ0v) is 15.3. The van der Waals surface area contributed by atoms with Gasteiger partial charge in [-0.2, -0.15) is 0 Å². The first-order valence-electron chi connectivity index (χ1n) is 7.57. The minimum atomic E-state index is -3.77. The lowest BCUT2D eigenvalue weighted by Crippen LogP contribution is -2.31. The molecule has 0 spiro atoms. The van der Waals surface area contributed by atoms with Gasteiger partial charge in [0.1, 0.15) is 5.75 Å². The van der Waals surface area contributed by atoms with Crippen LogP contribution in [0, 0.1) is 0 Å². The van der Waals surface area contributed by atoms with Crippen molar-refractivity contribution in [3.63, 3.8) is 0 Å². The molecule has 0 saturated carbocycles. The second-order valence-electron chi connectivity index (χ2n) is 5.70. The van der Waals surface area contributed by atoms with Crippen LogP contribution in [0.4, 0.5) is 11.4 Å². The summed E-state index contributed by atoms with van der Waals surface area (Å²) in [5.74, 6) is 0.486. The van der Waals surface area contributed by atoms with E-state index in [4.69, 9.17) is 16.3 Å². The average Bonchev–Trinajstić information content (AvgIpc) is 2.58. The highest BCUT2D eigenvalue weighted by molar-refractivity contribution is 7.92. The number of aryl methyl sites for hydroxylation is 1. The number of nitrogens with one attached hydrogen (secondary N) is 1. The maximum Gasteiger partial charge on any atom is 0.261 e. The van der Waals surface area contributed by atoms with E-state index >= 15 is 0 Å². The second-order valence-corrected chi connectivity index (χ2v) is 7.79. The summed E-state index contributed by atoms with van der Waals surface area (Å²) in [6, 6.07) is 9.40. The molecule has 2 aromatic rings. The average molecular weight is 381 g/mol. The number of halogens is 1. The number of methoxy groups -OCH3 is 1. The smallest absolute Gasteiger partial charge is 0.261 e. The monoisotopic (exact) mass is 380 g/mol. The number of carbonyl (C=O) groups excluding carboxylic acids is 1. The van der Waals surface area contributed by atoms with Gasteiger partial charge in [0, 0.05) is 19.2 Å². The highest BCUT2D eigenvalue weighted by atomic mass is 35.5. The van der Waals surface area contributed by atoms with E-state index in [0.717, 1.165) is 11.3 Å². The van der Waals surface area contributed by atoms with Crippen molar-refractivity contribution in [2.45, 2.75) is 17.7 Å². The molecule has 0 aliphatic carbocycles. The van der Waals surface area contributed by atoms with E-state index in [1.54, 1.807) is 36.2 Å². The van der Waals surface area contributed by atoms with Crippen LogP contribution in [0.25, 0.3) is 0 Å². The van der Waals surface area contributed by atoms with Gasteiger partial charge >= 0.3 is 0 Å². The molecular weight excluding hydrogens is 364 g/mol. The van der Waals surface area contributed by atoms with Gasteiger partial charge in [-0.25, -0.2) is 8.42 Å². The lowest BCUT2D eigenvalue weighted by molar-refractivity contribution is -0.118. The lowest BCUT2D eigenvalue weighted by atomic mass is 10.0. The molecule has 1 heterocycles. The normalized spacial score (nSPS) is 14.2. The van der Waals surface area contributed by atoms with Crippen LogP contribution in [0.3, 0.4) is 0 Å². The quantitative estimate of drug-likeness (QED) is 0.884. The van der Waals surface area contributed by atoms with Crippen molar-refractivity contribution >= 4 is 38.9 Å². The van der Waals surface area contributed by atoms with Crippen LogP contribution in [0.2, 0.25) is 5.02 Å². The molecule has 8 heteroatoms. The summed E-state index contributed by atoms with van der Waals surface area (Å²) in [6.07, 6.45) is 0.894. The Balaban J connectivity index is 1.90. The van der Waals surface area contributed by atoms with Crippen molar-refractivity contribution in [2.75, 3.05) is 23.8 Å². The maximum absolute atomic E-state index is 12.6. The van der Waals surface area contributed by atoms with Gasteiger partial charge in [-0.3, -0.25) is 9.52 Å². The Morgan fingerprint density at radius 3 is 2.60 bits per heavy atom. The van der Waals surface area contributed by atoms with Crippen molar-refractivity contribution in [3.8, 4) is 5.75 Å². The molecule has 25 heavy (non-hydrogen) atoms. The highest BCUT2D eigenvalue weighted by Crippen LogP contribution is 2.31. The van der Waals surface area contributed by atoms with Crippen LogP contribution < -0.4 is 14.4 Å². The van der Waals surface area contributed by atoms with E-state index in [-0.39, 0.29) is 10.8 Å². The molecule has 6 nitrogen and oxygen atoms in total. The Kier molecular flexibility index (Phi) is 4.62. The summed E-state index contributed by atoms with van der Waals surface area (Å²) in [7, 11) is -0.594. The number of rotatable bonds is 4. The van der Waals surface area contributed by atoms with Crippen LogP contribution >= 0.6 is 11.6 Å². The Labute approximate surface area is 151 Å². The lowest BCUT2D eigenvalue weighted by Gasteiger charge is -2.26. The summed E-state index contributed by atoms with van der Waals surface area (Å²) in [4.78, 5) is 13.4. The van der Waals surface area contributed by atoms with Crippen LogP contribution in [0.1, 0.15) is 12.0 Å². The minimum absolute atomic E-state index is 0.0223. The summed E-state index contributed by atoms with van der Waals surface area (Å²) >= 11 is 6.03. The summed E-state index contributed by atoms with van der Waals surface area (Å²) < 4.78 is 32.8. The van der Waals surface area contributed by atoms with Crippen molar-refractivity contribution in [1.29, 1.82) is 0 Å². The predicted octanol–water partition coefficient (Wildman–Crippen LogP) is 3.06. The summed E-state index contributed by atoms with van der Waals surface area (Å²) in [6.45, 7) is 0. The molecule has 1 aliphatic heterocycles. The van der Waals surface area contributed by atoms with E-state index in [1.807, 2.05) is 0 Å². The molecule has 0 aromatic heterocycles. The van der Waals surface area contributed by atoms with E-state index in [0.29, 0.717) is 29.3 Å². The highest BCUT2D eigenvalue weighted by Gasteiger charge is 2.23. The Morgan fingerprint density at radius 2 is 1.92 bits per heavy atom. The van der Waals surface area contributed by atoms with Crippen molar-refractivity contribution in [1.82, 2.24) is 0 Å². The topological polar surface area (TPSA) is 75.7 Å². The molecule has 0 bridgehead atoms. The van der Waals surface area contributed by atoms with Gasteiger partial charge in [-0.15, -0.1) is 0 Å². The number of amides is 1. The minimum Gasteiger partial charge on any atom is -0.495 e. The van der Waals surface area contributed by atoms with Crippen LogP contribution in [-0.2, 0) is 21.2 Å². The fourth-order valence-corrected chi connectivity index (χ4v) is 4.10. The van der Waals surface area contributed by atoms with Gasteiger partial charge in [-0.05, 0) is 48.4 Å². The van der Waals surface area contributed by atoms with E-state index in [1.165, 1.54) is 19.2 Å². The van der Waals surface area contributed by atoms with Gasteiger partial charge in [0.25, 0.3) is 10.0 Å². The Bertz CT molecular complexity index is 944. The van der Waals surface area contributed by atoms with Crippen LogP contribution in [0.5, 0.6) is 5.75 Å². The standard InChI is InChI=1S/C17H17ClN2O4S/c1-20-15-6-5-13(9-11(15)3-8-17(20)21)25(22,23)19-12-4-7-16(24-2)14(18)10-12/h4-7,9-10,19H,3,8H2,1-2H3. The van der Waals surface area contributed by atoms with E-state index in [2.05, 4.69) is 4.72 Å². The first kappa shape index (κ1) is 17.6. The zero-order chi connectivity index (χ0) is 18.2. The third-order valence-electron chi connectivity index (χ3n) is 4.11. The molecule has 2 aromatic carbocycles. The molecular formula is C17H17ClN2O4S. The van der Waals surface area contributed by atoms with Gasteiger partial charge in [0.15, 0.2) is 0 Å². The molecule has 0 atom stereocenters. The molecule has 1 aliphatic rings. The number of hydrogen-bond acceptors (Lipinski definition) is 4. The van der Waals surface area contributed by atoms with Gasteiger partial charge in [-0.1, -0.05) is 11.6 Å². The second kappa shape index (κ2) is 6.57. The number of nitrogens with zero attached hydrogens (tertiary/aromatic N) is 1. The van der Waals surface area contributed by atoms with Crippen molar-refractivity contribution < 1.29 is 17.9 Å². The van der Waals surface area contributed by atoms with Crippen LogP contribution in [-0.4, -0.2) is 28.5 Å². The molecule has 0 radical (unpaired) electrons. The fourth-order valence-electron chi connectivity index (χ4n) is 2.74. The molecule has 1 N–H and O–H groups in total. The SMILES string of the molecule is COc1ccc(NS(=O)(=O)c2ccc3c(c2)CCC(=O)N3C)cc1Cl. The number of carbonyl (C=O) groups is 1. The first-order valence-corrected chi connectivity index (χ1v) is 9.44. The number of ether oxygens (including phenoxy) is 1. The first-order chi connectivity index (χ1) is 11.8. The number of anilines is 2. The van der Waals surface area contributed by atoms with Gasteiger partial charge < -0.3 is 9.64 Å². The Hall–Kier alpha value is -2.25. The van der Waals surface area contributed by atoms with Crippen LogP contribution in [0.15, 0.2) is 41.3 Å². The van der Waals surface area contributed by atoms with Crippen molar-refractivity contribution in [3.05, 3.63) is 47.0 Å². The molecule has 3 rings (SSSR count). The molecule has 1 amide bonds. The van der Waals surface area contributed by atoms with Gasteiger partial charge in [0.2, 0.25) is 5.91 Å². The molecule has 132 valence electrons. The number of benzene rings is 2. The number of sulfonamides is 1. The number of fused-ring (bicyclic) bond motifs is 1. The summed E-state index contributed by atoms with van der Waals surface area (Å²) in [5.41, 5.74) is 1.91. The Morgan fingerprint density at radius 1 is 1.16 bits per heavy atom.